The SMILES string of the molecule is COc1c(Cc2ccc(C(=O)O)cc2)oc2c(CC=C(C)C)c(O)c(CC=C(C)C)c(O)c2c1=O. The molecule has 0 aliphatic carbocycles. The van der Waals surface area contributed by atoms with Crippen molar-refractivity contribution in [1.82, 2.24) is 0 Å². The highest BCUT2D eigenvalue weighted by molar-refractivity contribution is 5.91. The van der Waals surface area contributed by atoms with Crippen LogP contribution in [-0.2, 0) is 19.3 Å². The number of aromatic hydroxyl groups is 2. The summed E-state index contributed by atoms with van der Waals surface area (Å²) in [5, 5.41) is 31.2. The van der Waals surface area contributed by atoms with Crippen LogP contribution in [0, 0.1) is 0 Å². The number of aromatic carboxylic acids is 1. The normalized spacial score (nSPS) is 10.8. The molecular weight excluding hydrogens is 448 g/mol. The molecule has 184 valence electrons. The van der Waals surface area contributed by atoms with Crippen molar-refractivity contribution in [2.45, 2.75) is 47.0 Å². The number of allylic oxidation sites excluding steroid dienone is 4. The zero-order valence-electron chi connectivity index (χ0n) is 20.6. The molecule has 0 atom stereocenters. The summed E-state index contributed by atoms with van der Waals surface area (Å²) in [7, 11) is 1.35. The van der Waals surface area contributed by atoms with Gasteiger partial charge in [0.2, 0.25) is 11.2 Å². The Hall–Kier alpha value is -4.00. The van der Waals surface area contributed by atoms with E-state index in [1.54, 1.807) is 12.1 Å². The molecule has 1 aromatic heterocycles. The van der Waals surface area contributed by atoms with Crippen molar-refractivity contribution in [3.8, 4) is 17.2 Å². The second-order valence-corrected chi connectivity index (χ2v) is 8.90. The summed E-state index contributed by atoms with van der Waals surface area (Å²) in [5.74, 6) is -1.33. The van der Waals surface area contributed by atoms with Gasteiger partial charge in [-0.3, -0.25) is 4.79 Å². The first-order chi connectivity index (χ1) is 16.5. The maximum Gasteiger partial charge on any atom is 0.335 e. The molecule has 3 N–H and O–H groups in total. The number of carboxylic acids is 1. The molecule has 0 bridgehead atoms. The average Bonchev–Trinajstić information content (AvgIpc) is 2.78. The Bertz CT molecular complexity index is 1380. The standard InChI is InChI=1S/C28H30O7/c1-15(2)6-12-19-23(29)20(13-7-16(3)4)26-22(24(19)30)25(31)27(34-5)21(35-26)14-17-8-10-18(11-9-17)28(32)33/h6-11,29-30H,12-14H2,1-5H3,(H,32,33). The fourth-order valence-electron chi connectivity index (χ4n) is 3.81. The fraction of sp³-hybridized carbons (Fsp3) is 0.286. The van der Waals surface area contributed by atoms with Crippen LogP contribution in [0.1, 0.15) is 60.5 Å². The monoisotopic (exact) mass is 478 g/mol. The molecule has 0 saturated carbocycles. The topological polar surface area (TPSA) is 117 Å². The van der Waals surface area contributed by atoms with Crippen molar-refractivity contribution in [2.75, 3.05) is 7.11 Å². The van der Waals surface area contributed by atoms with E-state index in [0.29, 0.717) is 17.5 Å². The van der Waals surface area contributed by atoms with E-state index in [1.807, 2.05) is 39.8 Å². The van der Waals surface area contributed by atoms with Crippen LogP contribution in [0.25, 0.3) is 11.0 Å². The molecule has 0 radical (unpaired) electrons. The number of methoxy groups -OCH3 is 1. The van der Waals surface area contributed by atoms with Crippen molar-refractivity contribution in [3.63, 3.8) is 0 Å². The van der Waals surface area contributed by atoms with E-state index in [-0.39, 0.29) is 57.9 Å². The molecule has 1 heterocycles. The number of fused-ring (bicyclic) bond motifs is 1. The van der Waals surface area contributed by atoms with Gasteiger partial charge in [-0.25, -0.2) is 4.79 Å². The molecule has 3 rings (SSSR count). The van der Waals surface area contributed by atoms with Gasteiger partial charge in [-0.15, -0.1) is 0 Å². The zero-order chi connectivity index (χ0) is 25.9. The summed E-state index contributed by atoms with van der Waals surface area (Å²) in [5.41, 5.74) is 3.08. The molecule has 7 nitrogen and oxygen atoms in total. The van der Waals surface area contributed by atoms with Gasteiger partial charge in [-0.1, -0.05) is 35.4 Å². The number of hydrogen-bond donors (Lipinski definition) is 3. The van der Waals surface area contributed by atoms with E-state index in [4.69, 9.17) is 14.3 Å². The van der Waals surface area contributed by atoms with Crippen LogP contribution < -0.4 is 10.2 Å². The molecule has 2 aromatic carbocycles. The lowest BCUT2D eigenvalue weighted by Gasteiger charge is -2.16. The smallest absolute Gasteiger partial charge is 0.335 e. The predicted octanol–water partition coefficient (Wildman–Crippen LogP) is 5.52. The van der Waals surface area contributed by atoms with E-state index in [2.05, 4.69) is 0 Å². The number of carbonyl (C=O) groups is 1. The van der Waals surface area contributed by atoms with Crippen LogP contribution in [0.5, 0.6) is 17.2 Å². The van der Waals surface area contributed by atoms with Crippen molar-refractivity contribution in [3.05, 3.63) is 85.8 Å². The van der Waals surface area contributed by atoms with E-state index in [0.717, 1.165) is 11.1 Å². The lowest BCUT2D eigenvalue weighted by molar-refractivity contribution is 0.0697. The van der Waals surface area contributed by atoms with E-state index in [1.165, 1.54) is 19.2 Å². The van der Waals surface area contributed by atoms with Crippen LogP contribution in [0.4, 0.5) is 0 Å². The Kier molecular flexibility index (Phi) is 7.69. The minimum absolute atomic E-state index is 0.0427. The highest BCUT2D eigenvalue weighted by Crippen LogP contribution is 2.41. The molecule has 0 aliphatic heterocycles. The van der Waals surface area contributed by atoms with Crippen LogP contribution >= 0.6 is 0 Å². The largest absolute Gasteiger partial charge is 0.507 e. The number of benzene rings is 2. The quantitative estimate of drug-likeness (QED) is 0.365. The number of phenols is 2. The minimum atomic E-state index is -1.04. The van der Waals surface area contributed by atoms with E-state index < -0.39 is 11.4 Å². The molecule has 35 heavy (non-hydrogen) atoms. The molecule has 0 aliphatic rings. The zero-order valence-corrected chi connectivity index (χ0v) is 20.6. The Labute approximate surface area is 203 Å². The molecular formula is C28H30O7. The maximum atomic E-state index is 13.5. The first-order valence-electron chi connectivity index (χ1n) is 11.2. The van der Waals surface area contributed by atoms with Gasteiger partial charge in [-0.05, 0) is 58.2 Å². The third kappa shape index (κ3) is 5.40. The van der Waals surface area contributed by atoms with Crippen LogP contribution in [0.15, 0.2) is 56.8 Å². The highest BCUT2D eigenvalue weighted by Gasteiger charge is 2.26. The van der Waals surface area contributed by atoms with Crippen LogP contribution in [0.3, 0.4) is 0 Å². The fourth-order valence-corrected chi connectivity index (χ4v) is 3.81. The maximum absolute atomic E-state index is 13.5. The van der Waals surface area contributed by atoms with Crippen molar-refractivity contribution >= 4 is 16.9 Å². The summed E-state index contributed by atoms with van der Waals surface area (Å²) in [6.07, 6.45) is 4.47. The number of hydrogen-bond acceptors (Lipinski definition) is 6. The van der Waals surface area contributed by atoms with E-state index >= 15 is 0 Å². The van der Waals surface area contributed by atoms with Gasteiger partial charge in [-0.2, -0.15) is 0 Å². The van der Waals surface area contributed by atoms with Gasteiger partial charge in [0.1, 0.15) is 22.5 Å². The van der Waals surface area contributed by atoms with Gasteiger partial charge in [0, 0.05) is 17.5 Å². The molecule has 0 unspecified atom stereocenters. The Morgan fingerprint density at radius 1 is 0.943 bits per heavy atom. The average molecular weight is 479 g/mol. The summed E-state index contributed by atoms with van der Waals surface area (Å²) in [4.78, 5) is 24.6. The molecule has 0 saturated heterocycles. The number of ether oxygens (including phenoxy) is 1. The summed E-state index contributed by atoms with van der Waals surface area (Å²) in [6, 6.07) is 6.21. The molecule has 7 heteroatoms. The van der Waals surface area contributed by atoms with Crippen molar-refractivity contribution in [2.24, 2.45) is 0 Å². The summed E-state index contributed by atoms with van der Waals surface area (Å²) < 4.78 is 11.5. The van der Waals surface area contributed by atoms with Crippen molar-refractivity contribution < 1.29 is 29.3 Å². The minimum Gasteiger partial charge on any atom is -0.507 e. The molecule has 0 fully saturated rings. The third-order valence-corrected chi connectivity index (χ3v) is 5.71. The van der Waals surface area contributed by atoms with Crippen LogP contribution in [-0.4, -0.2) is 28.4 Å². The van der Waals surface area contributed by atoms with Gasteiger partial charge < -0.3 is 24.5 Å². The van der Waals surface area contributed by atoms with Crippen molar-refractivity contribution in [1.29, 1.82) is 0 Å². The second kappa shape index (κ2) is 10.5. The molecule has 0 spiro atoms. The Morgan fingerprint density at radius 3 is 2.03 bits per heavy atom. The first kappa shape index (κ1) is 25.6. The second-order valence-electron chi connectivity index (χ2n) is 8.90. The lowest BCUT2D eigenvalue weighted by atomic mass is 9.96. The number of carboxylic acid groups (broad SMARTS) is 1. The first-order valence-corrected chi connectivity index (χ1v) is 11.2. The number of rotatable bonds is 8. The lowest BCUT2D eigenvalue weighted by Crippen LogP contribution is -2.12. The Morgan fingerprint density at radius 2 is 1.51 bits per heavy atom. The van der Waals surface area contributed by atoms with Gasteiger partial charge in [0.25, 0.3) is 0 Å². The predicted molar refractivity (Wildman–Crippen MR) is 135 cm³/mol. The van der Waals surface area contributed by atoms with Gasteiger partial charge >= 0.3 is 5.97 Å². The van der Waals surface area contributed by atoms with E-state index in [9.17, 15) is 19.8 Å². The molecule has 3 aromatic rings. The highest BCUT2D eigenvalue weighted by atomic mass is 16.5. The molecule has 0 amide bonds. The van der Waals surface area contributed by atoms with Gasteiger partial charge in [0.15, 0.2) is 5.76 Å². The van der Waals surface area contributed by atoms with Gasteiger partial charge in [0.05, 0.1) is 12.7 Å². The Balaban J connectivity index is 2.30. The third-order valence-electron chi connectivity index (χ3n) is 5.71. The van der Waals surface area contributed by atoms with Crippen LogP contribution in [0.2, 0.25) is 0 Å². The summed E-state index contributed by atoms with van der Waals surface area (Å²) in [6.45, 7) is 7.67. The number of phenolic OH excluding ortho intramolecular Hbond substituents is 2. The summed E-state index contributed by atoms with van der Waals surface area (Å²) >= 11 is 0.